The second kappa shape index (κ2) is 7.75. The maximum atomic E-state index is 12.9. The third-order valence-electron chi connectivity index (χ3n) is 4.94. The third kappa shape index (κ3) is 3.85. The molecule has 1 aliphatic heterocycles. The van der Waals surface area contributed by atoms with Crippen molar-refractivity contribution in [3.63, 3.8) is 0 Å². The van der Waals surface area contributed by atoms with Crippen molar-refractivity contribution >= 4 is 22.8 Å². The monoisotopic (exact) mass is 382 g/mol. The number of para-hydroxylation sites is 1. The number of carbonyl (C=O) groups is 1. The van der Waals surface area contributed by atoms with Crippen LogP contribution in [-0.2, 0) is 0 Å². The fraction of sp³-hybridized carbons (Fsp3) is 0.300. The van der Waals surface area contributed by atoms with Gasteiger partial charge in [-0.15, -0.1) is 0 Å². The number of rotatable bonds is 4. The van der Waals surface area contributed by atoms with Gasteiger partial charge in [0.15, 0.2) is 5.82 Å². The van der Waals surface area contributed by atoms with Gasteiger partial charge in [-0.1, -0.05) is 18.2 Å². The Bertz CT molecular complexity index is 1040. The summed E-state index contributed by atoms with van der Waals surface area (Å²) in [5.41, 5.74) is -0.172. The molecule has 2 aromatic heterocycles. The Balaban J connectivity index is 1.34. The number of piperidine rings is 1. The highest BCUT2D eigenvalue weighted by Crippen LogP contribution is 2.20. The van der Waals surface area contributed by atoms with E-state index < -0.39 is 17.3 Å². The van der Waals surface area contributed by atoms with E-state index in [2.05, 4.69) is 15.3 Å². The maximum absolute atomic E-state index is 12.9. The zero-order valence-electron chi connectivity index (χ0n) is 15.1. The Kier molecular flexibility index (Phi) is 5.01. The van der Waals surface area contributed by atoms with Gasteiger partial charge < -0.3 is 14.6 Å². The fourth-order valence-corrected chi connectivity index (χ4v) is 3.36. The summed E-state index contributed by atoms with van der Waals surface area (Å²) in [5.74, 6) is -0.0888. The van der Waals surface area contributed by atoms with E-state index in [-0.39, 0.29) is 11.5 Å². The molecule has 1 amide bonds. The van der Waals surface area contributed by atoms with Crippen molar-refractivity contribution in [3.05, 3.63) is 64.5 Å². The van der Waals surface area contributed by atoms with Gasteiger partial charge >= 0.3 is 5.63 Å². The number of benzene rings is 1. The molecule has 7 nitrogen and oxygen atoms in total. The van der Waals surface area contributed by atoms with E-state index in [9.17, 15) is 14.0 Å². The average Bonchev–Trinajstić information content (AvgIpc) is 2.72. The lowest BCUT2D eigenvalue weighted by Gasteiger charge is -2.31. The molecule has 1 saturated heterocycles. The summed E-state index contributed by atoms with van der Waals surface area (Å²) in [6, 6.07) is 8.64. The third-order valence-corrected chi connectivity index (χ3v) is 4.94. The molecule has 144 valence electrons. The number of anilines is 1. The first-order valence-corrected chi connectivity index (χ1v) is 9.14. The molecule has 8 heteroatoms. The number of carbonyl (C=O) groups excluding carboxylic acids is 1. The van der Waals surface area contributed by atoms with Gasteiger partial charge in [0.2, 0.25) is 5.95 Å². The molecule has 1 N–H and O–H groups in total. The second-order valence-electron chi connectivity index (χ2n) is 6.83. The number of halogens is 1. The van der Waals surface area contributed by atoms with E-state index in [0.29, 0.717) is 23.5 Å². The largest absolute Gasteiger partial charge is 0.422 e. The lowest BCUT2D eigenvalue weighted by Crippen LogP contribution is -2.40. The molecule has 3 heterocycles. The van der Waals surface area contributed by atoms with E-state index in [0.717, 1.165) is 38.3 Å². The normalized spacial score (nSPS) is 15.0. The molecule has 1 fully saturated rings. The predicted octanol–water partition coefficient (Wildman–Crippen LogP) is 2.37. The van der Waals surface area contributed by atoms with Gasteiger partial charge in [-0.25, -0.2) is 19.2 Å². The zero-order chi connectivity index (χ0) is 19.5. The van der Waals surface area contributed by atoms with Crippen LogP contribution in [0.4, 0.5) is 10.3 Å². The molecule has 3 aromatic rings. The topological polar surface area (TPSA) is 88.3 Å². The Morgan fingerprint density at radius 1 is 1.21 bits per heavy atom. The number of fused-ring (bicyclic) bond motifs is 1. The molecule has 0 saturated carbocycles. The van der Waals surface area contributed by atoms with Crippen molar-refractivity contribution in [1.29, 1.82) is 0 Å². The highest BCUT2D eigenvalue weighted by atomic mass is 19.1. The van der Waals surface area contributed by atoms with Crippen molar-refractivity contribution in [2.45, 2.75) is 12.8 Å². The van der Waals surface area contributed by atoms with Crippen LogP contribution in [0.15, 0.2) is 51.9 Å². The molecular weight excluding hydrogens is 363 g/mol. The first-order chi connectivity index (χ1) is 13.6. The predicted molar refractivity (Wildman–Crippen MR) is 102 cm³/mol. The van der Waals surface area contributed by atoms with Gasteiger partial charge in [0, 0.05) is 25.0 Å². The van der Waals surface area contributed by atoms with Gasteiger partial charge in [0.1, 0.15) is 11.1 Å². The van der Waals surface area contributed by atoms with Crippen LogP contribution in [0.3, 0.4) is 0 Å². The molecule has 0 aliphatic carbocycles. The van der Waals surface area contributed by atoms with Crippen molar-refractivity contribution < 1.29 is 13.6 Å². The summed E-state index contributed by atoms with van der Waals surface area (Å²) in [4.78, 5) is 34.5. The Hall–Kier alpha value is -3.29. The Labute approximate surface area is 160 Å². The van der Waals surface area contributed by atoms with E-state index in [1.165, 1.54) is 0 Å². The van der Waals surface area contributed by atoms with Gasteiger partial charge in [0.05, 0.1) is 12.4 Å². The number of hydrogen-bond donors (Lipinski definition) is 1. The number of hydrogen-bond acceptors (Lipinski definition) is 6. The summed E-state index contributed by atoms with van der Waals surface area (Å²) < 4.78 is 18.1. The highest BCUT2D eigenvalue weighted by Gasteiger charge is 2.22. The number of nitrogens with zero attached hydrogens (tertiary/aromatic N) is 3. The Morgan fingerprint density at radius 2 is 1.93 bits per heavy atom. The quantitative estimate of drug-likeness (QED) is 0.697. The van der Waals surface area contributed by atoms with Gasteiger partial charge in [-0.3, -0.25) is 4.79 Å². The number of aromatic nitrogens is 2. The maximum Gasteiger partial charge on any atom is 0.349 e. The molecule has 1 aliphatic rings. The molecule has 4 rings (SSSR count). The average molecular weight is 382 g/mol. The molecule has 1 aromatic carbocycles. The Morgan fingerprint density at radius 3 is 2.68 bits per heavy atom. The first kappa shape index (κ1) is 18.1. The van der Waals surface area contributed by atoms with Crippen LogP contribution in [0.25, 0.3) is 11.0 Å². The molecule has 0 atom stereocenters. The van der Waals surface area contributed by atoms with Gasteiger partial charge in [-0.05, 0) is 30.9 Å². The number of amides is 1. The van der Waals surface area contributed by atoms with E-state index in [1.54, 1.807) is 24.3 Å². The van der Waals surface area contributed by atoms with E-state index >= 15 is 0 Å². The van der Waals surface area contributed by atoms with Crippen molar-refractivity contribution in [2.24, 2.45) is 5.92 Å². The summed E-state index contributed by atoms with van der Waals surface area (Å²) >= 11 is 0. The summed E-state index contributed by atoms with van der Waals surface area (Å²) in [5, 5.41) is 3.55. The minimum atomic E-state index is -0.639. The smallest absolute Gasteiger partial charge is 0.349 e. The standard InChI is InChI=1S/C20H19FN4O3/c21-15-11-23-20(24-12-15)25-7-5-13(6-8-25)10-22-18(26)16-9-14-3-1-2-4-17(14)28-19(16)27/h1-4,9,11-13H,5-8,10H2,(H,22,26). The van der Waals surface area contributed by atoms with Crippen LogP contribution < -0.4 is 15.8 Å². The molecule has 0 bridgehead atoms. The molecule has 0 radical (unpaired) electrons. The lowest BCUT2D eigenvalue weighted by atomic mass is 9.97. The molecule has 28 heavy (non-hydrogen) atoms. The molecular formula is C20H19FN4O3. The van der Waals surface area contributed by atoms with Gasteiger partial charge in [-0.2, -0.15) is 0 Å². The van der Waals surface area contributed by atoms with Crippen LogP contribution >= 0.6 is 0 Å². The minimum absolute atomic E-state index is 0.0100. The SMILES string of the molecule is O=C(NCC1CCN(c2ncc(F)cn2)CC1)c1cc2ccccc2oc1=O. The lowest BCUT2D eigenvalue weighted by molar-refractivity contribution is 0.0941. The van der Waals surface area contributed by atoms with E-state index in [1.807, 2.05) is 11.0 Å². The summed E-state index contributed by atoms with van der Waals surface area (Å²) in [6.45, 7) is 1.93. The van der Waals surface area contributed by atoms with Crippen molar-refractivity contribution in [2.75, 3.05) is 24.5 Å². The van der Waals surface area contributed by atoms with Gasteiger partial charge in [0.25, 0.3) is 5.91 Å². The second-order valence-corrected chi connectivity index (χ2v) is 6.83. The zero-order valence-corrected chi connectivity index (χ0v) is 15.1. The van der Waals surface area contributed by atoms with Crippen molar-refractivity contribution in [3.8, 4) is 0 Å². The number of nitrogens with one attached hydrogen (secondary N) is 1. The molecule has 0 unspecified atom stereocenters. The fourth-order valence-electron chi connectivity index (χ4n) is 3.36. The first-order valence-electron chi connectivity index (χ1n) is 9.14. The van der Waals surface area contributed by atoms with Crippen LogP contribution in [0.2, 0.25) is 0 Å². The van der Waals surface area contributed by atoms with Crippen LogP contribution in [0, 0.1) is 11.7 Å². The van der Waals surface area contributed by atoms with Crippen LogP contribution in [0.1, 0.15) is 23.2 Å². The highest BCUT2D eigenvalue weighted by molar-refractivity contribution is 5.96. The molecule has 0 spiro atoms. The van der Waals surface area contributed by atoms with E-state index in [4.69, 9.17) is 4.42 Å². The van der Waals surface area contributed by atoms with Crippen LogP contribution in [0.5, 0.6) is 0 Å². The van der Waals surface area contributed by atoms with Crippen LogP contribution in [-0.4, -0.2) is 35.5 Å². The minimum Gasteiger partial charge on any atom is -0.422 e. The van der Waals surface area contributed by atoms with Crippen molar-refractivity contribution in [1.82, 2.24) is 15.3 Å². The summed E-state index contributed by atoms with van der Waals surface area (Å²) in [6.07, 6.45) is 3.99. The summed E-state index contributed by atoms with van der Waals surface area (Å²) in [7, 11) is 0.